The maximum absolute atomic E-state index is 11.7. The number of nitrogens with zero attached hydrogens (tertiary/aromatic N) is 2. The van der Waals surface area contributed by atoms with Crippen molar-refractivity contribution in [2.24, 2.45) is 5.73 Å². The molecule has 0 fully saturated rings. The summed E-state index contributed by atoms with van der Waals surface area (Å²) in [6.45, 7) is 2.45. The minimum atomic E-state index is -0.252. The molecular weight excluding hydrogens is 288 g/mol. The Morgan fingerprint density at radius 1 is 1.53 bits per heavy atom. The highest BCUT2D eigenvalue weighted by Crippen LogP contribution is 2.17. The van der Waals surface area contributed by atoms with Crippen LogP contribution in [0.25, 0.3) is 0 Å². The van der Waals surface area contributed by atoms with Gasteiger partial charge in [0.1, 0.15) is 5.01 Å². The van der Waals surface area contributed by atoms with Crippen molar-refractivity contribution < 1.29 is 9.53 Å². The van der Waals surface area contributed by atoms with Crippen molar-refractivity contribution in [1.82, 2.24) is 10.2 Å². The third-order valence-corrected chi connectivity index (χ3v) is 3.37. The molecule has 8 heteroatoms. The van der Waals surface area contributed by atoms with Crippen LogP contribution in [0.15, 0.2) is 0 Å². The van der Waals surface area contributed by atoms with E-state index in [1.807, 2.05) is 0 Å². The van der Waals surface area contributed by atoms with Crippen LogP contribution < -0.4 is 11.1 Å². The van der Waals surface area contributed by atoms with Crippen molar-refractivity contribution in [3.8, 4) is 0 Å². The average molecular weight is 309 g/mol. The van der Waals surface area contributed by atoms with E-state index < -0.39 is 0 Å². The first-order chi connectivity index (χ1) is 8.69. The Balaban J connectivity index is 0.00000324. The minimum Gasteiger partial charge on any atom is -0.380 e. The second-order valence-electron chi connectivity index (χ2n) is 3.95. The third-order valence-electron chi connectivity index (χ3n) is 2.47. The minimum absolute atomic E-state index is 0. The second kappa shape index (κ2) is 10.1. The van der Waals surface area contributed by atoms with Crippen molar-refractivity contribution in [1.29, 1.82) is 0 Å². The van der Waals surface area contributed by atoms with Crippen LogP contribution in [0.1, 0.15) is 31.2 Å². The normalized spacial score (nSPS) is 11.7. The van der Waals surface area contributed by atoms with Gasteiger partial charge < -0.3 is 15.8 Å². The predicted octanol–water partition coefficient (Wildman–Crippen LogP) is 1.60. The zero-order valence-electron chi connectivity index (χ0n) is 11.2. The number of halogens is 1. The topological polar surface area (TPSA) is 90.1 Å². The molecule has 0 aliphatic heterocycles. The van der Waals surface area contributed by atoms with E-state index in [1.54, 1.807) is 7.11 Å². The molecule has 0 saturated carbocycles. The highest BCUT2D eigenvalue weighted by molar-refractivity contribution is 7.15. The summed E-state index contributed by atoms with van der Waals surface area (Å²) in [4.78, 5) is 11.7. The SMILES string of the molecule is CCCCc1nnc(NC(=O)CC(CN)OC)s1.Cl. The maximum Gasteiger partial charge on any atom is 0.228 e. The molecule has 1 aromatic heterocycles. The summed E-state index contributed by atoms with van der Waals surface area (Å²) in [6.07, 6.45) is 3.09. The number of carbonyl (C=O) groups excluding carboxylic acids is 1. The van der Waals surface area contributed by atoms with Crippen LogP contribution in [0.4, 0.5) is 5.13 Å². The lowest BCUT2D eigenvalue weighted by Crippen LogP contribution is -2.28. The average Bonchev–Trinajstić information content (AvgIpc) is 2.81. The van der Waals surface area contributed by atoms with Crippen molar-refractivity contribution in [2.75, 3.05) is 19.0 Å². The molecular formula is C11H21ClN4O2S. The van der Waals surface area contributed by atoms with E-state index in [-0.39, 0.29) is 30.8 Å². The first-order valence-corrected chi connectivity index (χ1v) is 6.86. The highest BCUT2D eigenvalue weighted by atomic mass is 35.5. The number of nitrogens with one attached hydrogen (secondary N) is 1. The summed E-state index contributed by atoms with van der Waals surface area (Å²) in [5.41, 5.74) is 5.45. The summed E-state index contributed by atoms with van der Waals surface area (Å²) in [5.74, 6) is -0.148. The fourth-order valence-corrected chi connectivity index (χ4v) is 2.17. The fraction of sp³-hybridized carbons (Fsp3) is 0.727. The molecule has 6 nitrogen and oxygen atoms in total. The number of aryl methyl sites for hydroxylation is 1. The van der Waals surface area contributed by atoms with Crippen LogP contribution in [-0.4, -0.2) is 35.9 Å². The van der Waals surface area contributed by atoms with Crippen LogP contribution in [0.2, 0.25) is 0 Å². The van der Waals surface area contributed by atoms with Crippen molar-refractivity contribution >= 4 is 34.8 Å². The fourth-order valence-electron chi connectivity index (χ4n) is 1.37. The van der Waals surface area contributed by atoms with Crippen LogP contribution in [0.5, 0.6) is 0 Å². The number of nitrogens with two attached hydrogens (primary N) is 1. The molecule has 1 amide bonds. The van der Waals surface area contributed by atoms with Gasteiger partial charge in [-0.15, -0.1) is 22.6 Å². The molecule has 1 aromatic rings. The summed E-state index contributed by atoms with van der Waals surface area (Å²) in [5, 5.41) is 12.2. The van der Waals surface area contributed by atoms with E-state index in [1.165, 1.54) is 11.3 Å². The van der Waals surface area contributed by atoms with E-state index >= 15 is 0 Å². The lowest BCUT2D eigenvalue weighted by Gasteiger charge is -2.11. The highest BCUT2D eigenvalue weighted by Gasteiger charge is 2.13. The van der Waals surface area contributed by atoms with Crippen LogP contribution >= 0.6 is 23.7 Å². The summed E-state index contributed by atoms with van der Waals surface area (Å²) in [7, 11) is 1.54. The van der Waals surface area contributed by atoms with Gasteiger partial charge in [-0.1, -0.05) is 24.7 Å². The molecule has 1 unspecified atom stereocenters. The van der Waals surface area contributed by atoms with Crippen LogP contribution in [0.3, 0.4) is 0 Å². The molecule has 1 heterocycles. The predicted molar refractivity (Wildman–Crippen MR) is 78.9 cm³/mol. The van der Waals surface area contributed by atoms with Gasteiger partial charge in [-0.25, -0.2) is 0 Å². The monoisotopic (exact) mass is 308 g/mol. The van der Waals surface area contributed by atoms with E-state index in [0.29, 0.717) is 11.7 Å². The smallest absolute Gasteiger partial charge is 0.228 e. The zero-order valence-corrected chi connectivity index (χ0v) is 12.9. The molecule has 1 rings (SSSR count). The number of amides is 1. The van der Waals surface area contributed by atoms with E-state index in [2.05, 4.69) is 22.4 Å². The Hall–Kier alpha value is -0.760. The quantitative estimate of drug-likeness (QED) is 0.761. The molecule has 0 aromatic carbocycles. The molecule has 0 bridgehead atoms. The number of carbonyl (C=O) groups is 1. The number of methoxy groups -OCH3 is 1. The Bertz CT molecular complexity index is 371. The molecule has 19 heavy (non-hydrogen) atoms. The molecule has 0 spiro atoms. The van der Waals surface area contributed by atoms with Gasteiger partial charge >= 0.3 is 0 Å². The van der Waals surface area contributed by atoms with Gasteiger partial charge in [0.25, 0.3) is 0 Å². The van der Waals surface area contributed by atoms with Gasteiger partial charge in [0.2, 0.25) is 11.0 Å². The Labute approximate surface area is 123 Å². The number of hydrogen-bond donors (Lipinski definition) is 2. The van der Waals surface area contributed by atoms with E-state index in [9.17, 15) is 4.79 Å². The van der Waals surface area contributed by atoms with Gasteiger partial charge in [0.15, 0.2) is 0 Å². The van der Waals surface area contributed by atoms with Crippen LogP contribution in [0, 0.1) is 0 Å². The summed E-state index contributed by atoms with van der Waals surface area (Å²) >= 11 is 1.42. The second-order valence-corrected chi connectivity index (χ2v) is 5.01. The molecule has 0 radical (unpaired) electrons. The molecule has 110 valence electrons. The Morgan fingerprint density at radius 2 is 2.26 bits per heavy atom. The summed E-state index contributed by atoms with van der Waals surface area (Å²) < 4.78 is 5.05. The first-order valence-electron chi connectivity index (χ1n) is 6.04. The van der Waals surface area contributed by atoms with Gasteiger partial charge in [0.05, 0.1) is 12.5 Å². The Kier molecular flexibility index (Phi) is 9.68. The Morgan fingerprint density at radius 3 is 2.84 bits per heavy atom. The number of hydrogen-bond acceptors (Lipinski definition) is 6. The largest absolute Gasteiger partial charge is 0.380 e. The number of unbranched alkanes of at least 4 members (excludes halogenated alkanes) is 1. The first kappa shape index (κ1) is 18.2. The maximum atomic E-state index is 11.7. The lowest BCUT2D eigenvalue weighted by molar-refractivity contribution is -0.118. The van der Waals surface area contributed by atoms with Crippen molar-refractivity contribution in [3.63, 3.8) is 0 Å². The van der Waals surface area contributed by atoms with Gasteiger partial charge in [-0.2, -0.15) is 0 Å². The molecule has 3 N–H and O–H groups in total. The van der Waals surface area contributed by atoms with Crippen molar-refractivity contribution in [2.45, 2.75) is 38.7 Å². The van der Waals surface area contributed by atoms with E-state index in [0.717, 1.165) is 24.3 Å². The van der Waals surface area contributed by atoms with Gasteiger partial charge in [-0.3, -0.25) is 4.79 Å². The molecule has 0 aliphatic carbocycles. The lowest BCUT2D eigenvalue weighted by atomic mass is 10.2. The number of aromatic nitrogens is 2. The molecule has 0 aliphatic rings. The van der Waals surface area contributed by atoms with Crippen molar-refractivity contribution in [3.05, 3.63) is 5.01 Å². The van der Waals surface area contributed by atoms with Gasteiger partial charge in [0, 0.05) is 20.1 Å². The van der Waals surface area contributed by atoms with E-state index in [4.69, 9.17) is 10.5 Å². The summed E-state index contributed by atoms with van der Waals surface area (Å²) in [6, 6.07) is 0. The number of anilines is 1. The molecule has 0 saturated heterocycles. The van der Waals surface area contributed by atoms with Crippen LogP contribution in [-0.2, 0) is 16.0 Å². The number of rotatable bonds is 8. The van der Waals surface area contributed by atoms with Gasteiger partial charge in [-0.05, 0) is 6.42 Å². The standard InChI is InChI=1S/C11H20N4O2S.ClH/c1-3-4-5-10-14-15-11(18-10)13-9(16)6-8(7-12)17-2;/h8H,3-7,12H2,1-2H3,(H,13,15,16);1H. The zero-order chi connectivity index (χ0) is 13.4. The number of ether oxygens (including phenoxy) is 1. The third kappa shape index (κ3) is 6.81. The molecule has 1 atom stereocenters.